The lowest BCUT2D eigenvalue weighted by molar-refractivity contribution is 0.0734. The number of aryl methyl sites for hydroxylation is 1. The summed E-state index contributed by atoms with van der Waals surface area (Å²) in [6.45, 7) is 2.38. The average Bonchev–Trinajstić information content (AvgIpc) is 2.97. The zero-order valence-electron chi connectivity index (χ0n) is 12.3. The molecule has 4 nitrogen and oxygen atoms in total. The maximum absolute atomic E-state index is 13.1. The van der Waals surface area contributed by atoms with E-state index in [9.17, 15) is 14.0 Å². The third-order valence-electron chi connectivity index (χ3n) is 4.05. The van der Waals surface area contributed by atoms with E-state index in [-0.39, 0.29) is 28.9 Å². The van der Waals surface area contributed by atoms with Crippen molar-refractivity contribution in [1.29, 1.82) is 0 Å². The molecule has 1 saturated heterocycles. The van der Waals surface area contributed by atoms with Crippen molar-refractivity contribution in [3.8, 4) is 0 Å². The van der Waals surface area contributed by atoms with Crippen LogP contribution in [0, 0.1) is 12.7 Å². The summed E-state index contributed by atoms with van der Waals surface area (Å²) in [5, 5.41) is 0. The first-order valence-electron chi connectivity index (χ1n) is 7.32. The minimum atomic E-state index is -0.366. The van der Waals surface area contributed by atoms with Gasteiger partial charge in [0.05, 0.1) is 6.04 Å². The number of aromatic amines is 1. The number of nitrogens with zero attached hydrogens (tertiary/aromatic N) is 1. The molecule has 2 heterocycles. The molecular weight excluding hydrogens is 283 g/mol. The molecule has 5 heteroatoms. The largest absolute Gasteiger partial charge is 0.331 e. The van der Waals surface area contributed by atoms with Crippen molar-refractivity contribution in [2.75, 3.05) is 6.54 Å². The van der Waals surface area contributed by atoms with Gasteiger partial charge in [0.25, 0.3) is 11.5 Å². The van der Waals surface area contributed by atoms with Crippen LogP contribution in [0.1, 0.15) is 40.5 Å². The molecule has 1 aliphatic heterocycles. The van der Waals surface area contributed by atoms with Gasteiger partial charge < -0.3 is 9.88 Å². The van der Waals surface area contributed by atoms with Crippen LogP contribution in [-0.2, 0) is 0 Å². The Bertz CT molecular complexity index is 752. The minimum absolute atomic E-state index is 0.103. The van der Waals surface area contributed by atoms with Crippen molar-refractivity contribution < 1.29 is 9.18 Å². The van der Waals surface area contributed by atoms with Gasteiger partial charge in [-0.15, -0.1) is 0 Å². The fourth-order valence-corrected chi connectivity index (χ4v) is 2.94. The highest BCUT2D eigenvalue weighted by atomic mass is 19.1. The number of amides is 1. The number of pyridine rings is 1. The van der Waals surface area contributed by atoms with E-state index in [0.717, 1.165) is 24.1 Å². The Balaban J connectivity index is 1.91. The molecule has 1 amide bonds. The molecule has 3 rings (SSSR count). The Labute approximate surface area is 127 Å². The van der Waals surface area contributed by atoms with Crippen molar-refractivity contribution in [1.82, 2.24) is 9.88 Å². The van der Waals surface area contributed by atoms with Crippen LogP contribution in [-0.4, -0.2) is 22.3 Å². The first kappa shape index (κ1) is 14.5. The smallest absolute Gasteiger partial charge is 0.260 e. The number of carbonyl (C=O) groups excluding carboxylic acids is 1. The van der Waals surface area contributed by atoms with Crippen molar-refractivity contribution in [2.24, 2.45) is 0 Å². The number of hydrogen-bond donors (Lipinski definition) is 1. The van der Waals surface area contributed by atoms with E-state index in [1.165, 1.54) is 12.1 Å². The third kappa shape index (κ3) is 2.66. The molecule has 0 bridgehead atoms. The molecule has 1 fully saturated rings. The SMILES string of the molecule is Cc1ccc(C(=O)N2CCC[C@H]2c2ccc(F)cc2)c(=O)[nH]1. The Kier molecular flexibility index (Phi) is 3.79. The molecule has 1 aliphatic rings. The summed E-state index contributed by atoms with van der Waals surface area (Å²) in [5.41, 5.74) is 1.41. The zero-order chi connectivity index (χ0) is 15.7. The van der Waals surface area contributed by atoms with Gasteiger partial charge in [0.1, 0.15) is 11.4 Å². The molecule has 1 aromatic carbocycles. The van der Waals surface area contributed by atoms with E-state index < -0.39 is 0 Å². The number of H-pyrrole nitrogens is 1. The second-order valence-electron chi connectivity index (χ2n) is 5.59. The van der Waals surface area contributed by atoms with Crippen molar-refractivity contribution in [2.45, 2.75) is 25.8 Å². The van der Waals surface area contributed by atoms with Crippen LogP contribution in [0.4, 0.5) is 4.39 Å². The van der Waals surface area contributed by atoms with Gasteiger partial charge in [0.15, 0.2) is 0 Å². The summed E-state index contributed by atoms with van der Waals surface area (Å²) in [5.74, 6) is -0.567. The lowest BCUT2D eigenvalue weighted by Crippen LogP contribution is -2.34. The van der Waals surface area contributed by atoms with Crippen molar-refractivity contribution in [3.05, 3.63) is 69.4 Å². The molecule has 1 N–H and O–H groups in total. The highest BCUT2D eigenvalue weighted by Crippen LogP contribution is 2.32. The number of halogens is 1. The maximum Gasteiger partial charge on any atom is 0.260 e. The Morgan fingerprint density at radius 3 is 2.64 bits per heavy atom. The maximum atomic E-state index is 13.1. The summed E-state index contributed by atoms with van der Waals surface area (Å²) in [6, 6.07) is 9.38. The molecule has 0 radical (unpaired) electrons. The number of likely N-dealkylation sites (tertiary alicyclic amines) is 1. The highest BCUT2D eigenvalue weighted by molar-refractivity contribution is 5.94. The van der Waals surface area contributed by atoms with Crippen LogP contribution in [0.5, 0.6) is 0 Å². The second-order valence-corrected chi connectivity index (χ2v) is 5.59. The van der Waals surface area contributed by atoms with Crippen molar-refractivity contribution in [3.63, 3.8) is 0 Å². The van der Waals surface area contributed by atoms with E-state index in [2.05, 4.69) is 4.98 Å². The Morgan fingerprint density at radius 1 is 1.23 bits per heavy atom. The number of benzene rings is 1. The van der Waals surface area contributed by atoms with E-state index in [1.54, 1.807) is 36.1 Å². The Morgan fingerprint density at radius 2 is 1.95 bits per heavy atom. The summed E-state index contributed by atoms with van der Waals surface area (Å²) in [4.78, 5) is 29.0. The fraction of sp³-hybridized carbons (Fsp3) is 0.294. The van der Waals surface area contributed by atoms with Gasteiger partial charge >= 0.3 is 0 Å². The number of rotatable bonds is 2. The van der Waals surface area contributed by atoms with E-state index >= 15 is 0 Å². The first-order valence-corrected chi connectivity index (χ1v) is 7.32. The standard InChI is InChI=1S/C17H17FN2O2/c1-11-4-9-14(16(21)19-11)17(22)20-10-2-3-15(20)12-5-7-13(18)8-6-12/h4-9,15H,2-3,10H2,1H3,(H,19,21)/t15-/m0/s1. The van der Waals surface area contributed by atoms with E-state index in [0.29, 0.717) is 6.54 Å². The molecule has 0 saturated carbocycles. The van der Waals surface area contributed by atoms with Crippen LogP contribution in [0.15, 0.2) is 41.2 Å². The summed E-state index contributed by atoms with van der Waals surface area (Å²) in [6.07, 6.45) is 1.69. The van der Waals surface area contributed by atoms with Crippen LogP contribution in [0.25, 0.3) is 0 Å². The molecule has 2 aromatic rings. The third-order valence-corrected chi connectivity index (χ3v) is 4.05. The van der Waals surface area contributed by atoms with Crippen LogP contribution < -0.4 is 5.56 Å². The Hall–Kier alpha value is -2.43. The van der Waals surface area contributed by atoms with Gasteiger partial charge in [-0.3, -0.25) is 9.59 Å². The average molecular weight is 300 g/mol. The molecule has 0 aliphatic carbocycles. The van der Waals surface area contributed by atoms with Gasteiger partial charge in [-0.2, -0.15) is 0 Å². The summed E-state index contributed by atoms with van der Waals surface area (Å²) < 4.78 is 13.1. The monoisotopic (exact) mass is 300 g/mol. The molecule has 114 valence electrons. The topological polar surface area (TPSA) is 53.2 Å². The second kappa shape index (κ2) is 5.75. The highest BCUT2D eigenvalue weighted by Gasteiger charge is 2.31. The minimum Gasteiger partial charge on any atom is -0.331 e. The summed E-state index contributed by atoms with van der Waals surface area (Å²) in [7, 11) is 0. The lowest BCUT2D eigenvalue weighted by Gasteiger charge is -2.25. The molecule has 0 spiro atoms. The number of nitrogens with one attached hydrogen (secondary N) is 1. The number of carbonyl (C=O) groups is 1. The van der Waals surface area contributed by atoms with Crippen LogP contribution in [0.3, 0.4) is 0 Å². The number of hydrogen-bond acceptors (Lipinski definition) is 2. The fourth-order valence-electron chi connectivity index (χ4n) is 2.94. The van der Waals surface area contributed by atoms with Gasteiger partial charge in [-0.25, -0.2) is 4.39 Å². The normalized spacial score (nSPS) is 17.7. The van der Waals surface area contributed by atoms with Crippen LogP contribution in [0.2, 0.25) is 0 Å². The van der Waals surface area contributed by atoms with Gasteiger partial charge in [-0.1, -0.05) is 12.1 Å². The molecule has 22 heavy (non-hydrogen) atoms. The quantitative estimate of drug-likeness (QED) is 0.927. The van der Waals surface area contributed by atoms with E-state index in [4.69, 9.17) is 0 Å². The zero-order valence-corrected chi connectivity index (χ0v) is 12.3. The first-order chi connectivity index (χ1) is 10.6. The predicted molar refractivity (Wildman–Crippen MR) is 81.2 cm³/mol. The molecule has 1 atom stereocenters. The molecular formula is C17H17FN2O2. The number of aromatic nitrogens is 1. The lowest BCUT2D eigenvalue weighted by atomic mass is 10.0. The predicted octanol–water partition coefficient (Wildman–Crippen LogP) is 2.80. The van der Waals surface area contributed by atoms with Gasteiger partial charge in [-0.05, 0) is 49.6 Å². The molecule has 0 unspecified atom stereocenters. The van der Waals surface area contributed by atoms with Crippen molar-refractivity contribution >= 4 is 5.91 Å². The summed E-state index contributed by atoms with van der Waals surface area (Å²) >= 11 is 0. The van der Waals surface area contributed by atoms with Crippen LogP contribution >= 0.6 is 0 Å². The van der Waals surface area contributed by atoms with Gasteiger partial charge in [0.2, 0.25) is 0 Å². The molecule has 1 aromatic heterocycles. The van der Waals surface area contributed by atoms with Gasteiger partial charge in [0, 0.05) is 12.2 Å². The van der Waals surface area contributed by atoms with E-state index in [1.807, 2.05) is 0 Å².